The number of esters is 1. The highest BCUT2D eigenvalue weighted by molar-refractivity contribution is 7.07. The fraction of sp³-hybridized carbons (Fsp3) is 0.368. The van der Waals surface area contributed by atoms with Gasteiger partial charge in [0.05, 0.1) is 23.8 Å². The van der Waals surface area contributed by atoms with Crippen LogP contribution in [0, 0.1) is 0 Å². The summed E-state index contributed by atoms with van der Waals surface area (Å²) in [5.41, 5.74) is 1.21. The zero-order valence-corrected chi connectivity index (χ0v) is 17.2. The SMILES string of the molecule is COc1cc(C(=O)OCC(=O)N(C)Cc2ccsc2)cc(Cl)c1OC(C)C. The van der Waals surface area contributed by atoms with Crippen LogP contribution in [0.2, 0.25) is 5.02 Å². The predicted molar refractivity (Wildman–Crippen MR) is 105 cm³/mol. The quantitative estimate of drug-likeness (QED) is 0.614. The van der Waals surface area contributed by atoms with Crippen LogP contribution in [-0.2, 0) is 16.1 Å². The maximum Gasteiger partial charge on any atom is 0.338 e. The van der Waals surface area contributed by atoms with E-state index in [1.54, 1.807) is 18.4 Å². The van der Waals surface area contributed by atoms with Crippen LogP contribution >= 0.6 is 22.9 Å². The van der Waals surface area contributed by atoms with Crippen molar-refractivity contribution >= 4 is 34.8 Å². The highest BCUT2D eigenvalue weighted by atomic mass is 35.5. The monoisotopic (exact) mass is 411 g/mol. The van der Waals surface area contributed by atoms with Crippen LogP contribution in [-0.4, -0.2) is 43.6 Å². The van der Waals surface area contributed by atoms with E-state index in [1.165, 1.54) is 24.1 Å². The second-order valence-corrected chi connectivity index (χ2v) is 7.30. The fourth-order valence-corrected chi connectivity index (χ4v) is 3.17. The number of hydrogen-bond donors (Lipinski definition) is 0. The van der Waals surface area contributed by atoms with E-state index in [4.69, 9.17) is 25.8 Å². The predicted octanol–water partition coefficient (Wildman–Crippen LogP) is 4.01. The van der Waals surface area contributed by atoms with E-state index in [0.717, 1.165) is 5.56 Å². The molecule has 0 aliphatic rings. The van der Waals surface area contributed by atoms with Gasteiger partial charge in [-0.25, -0.2) is 4.79 Å². The summed E-state index contributed by atoms with van der Waals surface area (Å²) in [7, 11) is 3.11. The van der Waals surface area contributed by atoms with Gasteiger partial charge in [0.25, 0.3) is 5.91 Å². The van der Waals surface area contributed by atoms with Crippen LogP contribution < -0.4 is 9.47 Å². The Balaban J connectivity index is 2.00. The van der Waals surface area contributed by atoms with Gasteiger partial charge in [-0.05, 0) is 48.4 Å². The lowest BCUT2D eigenvalue weighted by Crippen LogP contribution is -2.30. The zero-order chi connectivity index (χ0) is 20.0. The summed E-state index contributed by atoms with van der Waals surface area (Å²) in [6, 6.07) is 4.85. The third-order valence-electron chi connectivity index (χ3n) is 3.57. The molecule has 27 heavy (non-hydrogen) atoms. The molecule has 0 bridgehead atoms. The highest BCUT2D eigenvalue weighted by Crippen LogP contribution is 2.37. The first-order chi connectivity index (χ1) is 12.8. The number of halogens is 1. The van der Waals surface area contributed by atoms with Crippen molar-refractivity contribution in [3.63, 3.8) is 0 Å². The molecule has 1 aromatic carbocycles. The van der Waals surface area contributed by atoms with Gasteiger partial charge in [-0.1, -0.05) is 11.6 Å². The minimum Gasteiger partial charge on any atom is -0.493 e. The minimum atomic E-state index is -0.663. The largest absolute Gasteiger partial charge is 0.493 e. The van der Waals surface area contributed by atoms with Gasteiger partial charge in [0.1, 0.15) is 0 Å². The molecule has 0 radical (unpaired) electrons. The summed E-state index contributed by atoms with van der Waals surface area (Å²) < 4.78 is 16.0. The molecule has 0 saturated carbocycles. The van der Waals surface area contributed by atoms with Crippen molar-refractivity contribution < 1.29 is 23.8 Å². The first-order valence-corrected chi connectivity index (χ1v) is 9.60. The van der Waals surface area contributed by atoms with E-state index in [2.05, 4.69) is 0 Å². The van der Waals surface area contributed by atoms with Crippen LogP contribution in [0.15, 0.2) is 29.0 Å². The Morgan fingerprint density at radius 1 is 1.30 bits per heavy atom. The number of carbonyl (C=O) groups excluding carboxylic acids is 2. The Kier molecular flexibility index (Phi) is 7.50. The van der Waals surface area contributed by atoms with Crippen LogP contribution in [0.3, 0.4) is 0 Å². The molecule has 1 aromatic heterocycles. The molecule has 0 atom stereocenters. The van der Waals surface area contributed by atoms with Crippen LogP contribution in [0.25, 0.3) is 0 Å². The van der Waals surface area contributed by atoms with Crippen LogP contribution in [0.4, 0.5) is 0 Å². The van der Waals surface area contributed by atoms with Crippen molar-refractivity contribution in [3.8, 4) is 11.5 Å². The molecular formula is C19H22ClNO5S. The summed E-state index contributed by atoms with van der Waals surface area (Å²) in [4.78, 5) is 26.0. The smallest absolute Gasteiger partial charge is 0.338 e. The molecule has 0 spiro atoms. The number of methoxy groups -OCH3 is 1. The van der Waals surface area contributed by atoms with E-state index in [1.807, 2.05) is 30.7 Å². The normalized spacial score (nSPS) is 10.6. The van der Waals surface area contributed by atoms with Crippen molar-refractivity contribution in [2.45, 2.75) is 26.5 Å². The average Bonchev–Trinajstić information content (AvgIpc) is 3.13. The third-order valence-corrected chi connectivity index (χ3v) is 4.58. The number of rotatable bonds is 8. The number of nitrogens with zero attached hydrogens (tertiary/aromatic N) is 1. The van der Waals surface area contributed by atoms with E-state index in [-0.39, 0.29) is 29.2 Å². The molecule has 1 amide bonds. The van der Waals surface area contributed by atoms with Gasteiger partial charge in [-0.2, -0.15) is 11.3 Å². The van der Waals surface area contributed by atoms with E-state index in [0.29, 0.717) is 18.0 Å². The molecule has 0 saturated heterocycles. The second kappa shape index (κ2) is 9.62. The third kappa shape index (κ3) is 5.87. The van der Waals surface area contributed by atoms with Crippen LogP contribution in [0.5, 0.6) is 11.5 Å². The van der Waals surface area contributed by atoms with Gasteiger partial charge in [0.2, 0.25) is 0 Å². The van der Waals surface area contributed by atoms with Crippen molar-refractivity contribution in [2.75, 3.05) is 20.8 Å². The van der Waals surface area contributed by atoms with Crippen LogP contribution in [0.1, 0.15) is 29.8 Å². The maximum absolute atomic E-state index is 12.3. The molecule has 6 nitrogen and oxygen atoms in total. The Hall–Kier alpha value is -2.25. The zero-order valence-electron chi connectivity index (χ0n) is 15.7. The van der Waals surface area contributed by atoms with Crippen molar-refractivity contribution in [1.29, 1.82) is 0 Å². The van der Waals surface area contributed by atoms with Crippen molar-refractivity contribution in [2.24, 2.45) is 0 Å². The number of likely N-dealkylation sites (N-methyl/N-ethyl adjacent to an activating group) is 1. The maximum atomic E-state index is 12.3. The second-order valence-electron chi connectivity index (χ2n) is 6.11. The minimum absolute atomic E-state index is 0.106. The molecule has 0 fully saturated rings. The molecule has 8 heteroatoms. The molecule has 146 valence electrons. The van der Waals surface area contributed by atoms with Crippen molar-refractivity contribution in [1.82, 2.24) is 4.90 Å². The number of ether oxygens (including phenoxy) is 3. The van der Waals surface area contributed by atoms with Gasteiger partial charge in [0, 0.05) is 13.6 Å². The average molecular weight is 412 g/mol. The molecule has 1 heterocycles. The number of thiophene rings is 1. The van der Waals surface area contributed by atoms with E-state index in [9.17, 15) is 9.59 Å². The molecule has 0 aliphatic heterocycles. The standard InChI is InChI=1S/C19H22ClNO5S/c1-12(2)26-18-15(20)7-14(8-16(18)24-4)19(23)25-10-17(22)21(3)9-13-5-6-27-11-13/h5-8,11-12H,9-10H2,1-4H3. The number of carbonyl (C=O) groups is 2. The molecule has 0 unspecified atom stereocenters. The number of benzene rings is 1. The Morgan fingerprint density at radius 3 is 2.63 bits per heavy atom. The highest BCUT2D eigenvalue weighted by Gasteiger charge is 2.19. The van der Waals surface area contributed by atoms with Gasteiger partial charge in [-0.3, -0.25) is 4.79 Å². The van der Waals surface area contributed by atoms with E-state index >= 15 is 0 Å². The Morgan fingerprint density at radius 2 is 2.04 bits per heavy atom. The van der Waals surface area contributed by atoms with Gasteiger partial charge < -0.3 is 19.1 Å². The summed E-state index contributed by atoms with van der Waals surface area (Å²) in [6.45, 7) is 3.82. The van der Waals surface area contributed by atoms with Crippen molar-refractivity contribution in [3.05, 3.63) is 45.1 Å². The summed E-state index contributed by atoms with van der Waals surface area (Å²) in [6.07, 6.45) is -0.106. The fourth-order valence-electron chi connectivity index (χ4n) is 2.25. The summed E-state index contributed by atoms with van der Waals surface area (Å²) >= 11 is 7.77. The lowest BCUT2D eigenvalue weighted by molar-refractivity contribution is -0.133. The van der Waals surface area contributed by atoms with E-state index < -0.39 is 5.97 Å². The number of amides is 1. The summed E-state index contributed by atoms with van der Waals surface area (Å²) in [5, 5.41) is 4.14. The summed E-state index contributed by atoms with van der Waals surface area (Å²) in [5.74, 6) is -0.280. The molecule has 2 rings (SSSR count). The van der Waals surface area contributed by atoms with Gasteiger partial charge in [-0.15, -0.1) is 0 Å². The van der Waals surface area contributed by atoms with Gasteiger partial charge in [0.15, 0.2) is 18.1 Å². The lowest BCUT2D eigenvalue weighted by Gasteiger charge is -2.17. The molecular weight excluding hydrogens is 390 g/mol. The molecule has 0 N–H and O–H groups in total. The number of hydrogen-bond acceptors (Lipinski definition) is 6. The lowest BCUT2D eigenvalue weighted by atomic mass is 10.2. The Bertz CT molecular complexity index is 792. The molecule has 0 aliphatic carbocycles. The first kappa shape index (κ1) is 21.1. The van der Waals surface area contributed by atoms with Gasteiger partial charge >= 0.3 is 5.97 Å². The molecule has 2 aromatic rings. The first-order valence-electron chi connectivity index (χ1n) is 8.28. The topological polar surface area (TPSA) is 65.1 Å². The Labute approximate surface area is 167 Å².